The molecule has 2 aromatic carbocycles. The monoisotopic (exact) mass is 347 g/mol. The van der Waals surface area contributed by atoms with E-state index in [1.807, 2.05) is 0 Å². The van der Waals surface area contributed by atoms with Gasteiger partial charge in [0.15, 0.2) is 0 Å². The minimum Gasteiger partial charge on any atom is -0.456 e. The van der Waals surface area contributed by atoms with Crippen LogP contribution in [0.4, 0.5) is 24.5 Å². The number of nitro groups is 1. The molecule has 0 aliphatic heterocycles. The smallest absolute Gasteiger partial charge is 0.417 e. The Labute approximate surface area is 132 Å². The van der Waals surface area contributed by atoms with Gasteiger partial charge in [-0.25, -0.2) is 0 Å². The molecule has 2 rings (SSSR count). The molecule has 0 fully saturated rings. The lowest BCUT2D eigenvalue weighted by Gasteiger charge is -2.13. The molecule has 23 heavy (non-hydrogen) atoms. The third-order valence-electron chi connectivity index (χ3n) is 2.82. The number of ether oxygens (including phenoxy) is 1. The van der Waals surface area contributed by atoms with Crippen LogP contribution in [0.15, 0.2) is 36.4 Å². The molecular formula is C13H9ClF3N3O3. The Morgan fingerprint density at radius 3 is 2.52 bits per heavy atom. The van der Waals surface area contributed by atoms with Gasteiger partial charge in [-0.05, 0) is 18.2 Å². The van der Waals surface area contributed by atoms with E-state index in [2.05, 4.69) is 5.43 Å². The standard InChI is InChI=1S/C13H9ClF3N3O3/c14-12-8(13(15,16)17)2-1-3-11(12)23-7-4-5-10(20(21)22)9(6-7)19-18/h1-6,19H,18H2. The average molecular weight is 348 g/mol. The molecule has 2 aromatic rings. The van der Waals surface area contributed by atoms with Crippen molar-refractivity contribution in [3.63, 3.8) is 0 Å². The summed E-state index contributed by atoms with van der Waals surface area (Å²) in [5.74, 6) is 4.97. The molecule has 6 nitrogen and oxygen atoms in total. The van der Waals surface area contributed by atoms with Crippen molar-refractivity contribution in [3.05, 3.63) is 57.1 Å². The van der Waals surface area contributed by atoms with E-state index in [4.69, 9.17) is 22.2 Å². The lowest BCUT2D eigenvalue weighted by molar-refractivity contribution is -0.384. The van der Waals surface area contributed by atoms with Crippen molar-refractivity contribution < 1.29 is 22.8 Å². The molecule has 10 heteroatoms. The fourth-order valence-electron chi connectivity index (χ4n) is 1.79. The van der Waals surface area contributed by atoms with Crippen LogP contribution >= 0.6 is 11.6 Å². The van der Waals surface area contributed by atoms with Gasteiger partial charge in [-0.3, -0.25) is 16.0 Å². The molecule has 0 bridgehead atoms. The van der Waals surface area contributed by atoms with Crippen LogP contribution in [-0.2, 0) is 6.18 Å². The van der Waals surface area contributed by atoms with Crippen LogP contribution in [0, 0.1) is 10.1 Å². The molecule has 0 aromatic heterocycles. The first kappa shape index (κ1) is 16.8. The maximum absolute atomic E-state index is 12.8. The molecule has 3 N–H and O–H groups in total. The highest BCUT2D eigenvalue weighted by atomic mass is 35.5. The van der Waals surface area contributed by atoms with E-state index in [0.29, 0.717) is 0 Å². The third-order valence-corrected chi connectivity index (χ3v) is 3.21. The molecule has 0 saturated heterocycles. The second-order valence-corrected chi connectivity index (χ2v) is 4.68. The number of hydrazine groups is 1. The minimum atomic E-state index is -4.63. The van der Waals surface area contributed by atoms with E-state index >= 15 is 0 Å². The summed E-state index contributed by atoms with van der Waals surface area (Å²) in [6.07, 6.45) is -4.63. The van der Waals surface area contributed by atoms with Crippen molar-refractivity contribution in [3.8, 4) is 11.5 Å². The zero-order valence-electron chi connectivity index (χ0n) is 11.2. The Morgan fingerprint density at radius 2 is 1.96 bits per heavy atom. The van der Waals surface area contributed by atoms with Gasteiger partial charge in [-0.15, -0.1) is 0 Å². The molecule has 0 spiro atoms. The van der Waals surface area contributed by atoms with Gasteiger partial charge in [0.25, 0.3) is 5.69 Å². The van der Waals surface area contributed by atoms with Crippen molar-refractivity contribution in [2.24, 2.45) is 5.84 Å². The zero-order valence-corrected chi connectivity index (χ0v) is 12.0. The van der Waals surface area contributed by atoms with E-state index in [1.54, 1.807) is 0 Å². The van der Waals surface area contributed by atoms with Crippen LogP contribution in [0.2, 0.25) is 5.02 Å². The second kappa shape index (κ2) is 6.31. The summed E-state index contributed by atoms with van der Waals surface area (Å²) in [6.45, 7) is 0. The first-order chi connectivity index (χ1) is 10.7. The van der Waals surface area contributed by atoms with Crippen LogP contribution < -0.4 is 16.0 Å². The molecule has 0 saturated carbocycles. The number of hydrogen-bond donors (Lipinski definition) is 2. The van der Waals surface area contributed by atoms with Crippen molar-refractivity contribution >= 4 is 23.0 Å². The topological polar surface area (TPSA) is 90.4 Å². The lowest BCUT2D eigenvalue weighted by atomic mass is 10.2. The summed E-state index contributed by atoms with van der Waals surface area (Å²) >= 11 is 5.71. The molecular weight excluding hydrogens is 339 g/mol. The molecule has 122 valence electrons. The van der Waals surface area contributed by atoms with E-state index in [9.17, 15) is 23.3 Å². The number of nitrogens with two attached hydrogens (primary N) is 1. The van der Waals surface area contributed by atoms with Crippen molar-refractivity contribution in [2.45, 2.75) is 6.18 Å². The van der Waals surface area contributed by atoms with E-state index in [0.717, 1.165) is 18.2 Å². The number of nitro benzene ring substituents is 1. The number of hydrogen-bond acceptors (Lipinski definition) is 5. The Morgan fingerprint density at radius 1 is 1.26 bits per heavy atom. The molecule has 0 radical (unpaired) electrons. The predicted octanol–water partition coefficient (Wildman–Crippen LogP) is 4.34. The molecule has 0 atom stereocenters. The highest BCUT2D eigenvalue weighted by molar-refractivity contribution is 6.32. The SMILES string of the molecule is NNc1cc(Oc2cccc(C(F)(F)F)c2Cl)ccc1[N+](=O)[O-]. The third kappa shape index (κ3) is 3.63. The molecule has 0 unspecified atom stereocenters. The lowest BCUT2D eigenvalue weighted by Crippen LogP contribution is -2.09. The summed E-state index contributed by atoms with van der Waals surface area (Å²) in [4.78, 5) is 10.1. The van der Waals surface area contributed by atoms with E-state index in [1.165, 1.54) is 18.2 Å². The maximum Gasteiger partial charge on any atom is 0.417 e. The number of benzene rings is 2. The Bertz CT molecular complexity index is 753. The highest BCUT2D eigenvalue weighted by Crippen LogP contribution is 2.41. The Hall–Kier alpha value is -2.52. The summed E-state index contributed by atoms with van der Waals surface area (Å²) in [5.41, 5.74) is 0.703. The normalized spacial score (nSPS) is 11.2. The number of nitrogen functional groups attached to an aromatic ring is 1. The van der Waals surface area contributed by atoms with Gasteiger partial charge < -0.3 is 10.2 Å². The van der Waals surface area contributed by atoms with Crippen molar-refractivity contribution in [1.29, 1.82) is 0 Å². The van der Waals surface area contributed by atoms with Gasteiger partial charge >= 0.3 is 6.18 Å². The van der Waals surface area contributed by atoms with Crippen molar-refractivity contribution in [1.82, 2.24) is 0 Å². The number of rotatable bonds is 4. The number of halogens is 4. The minimum absolute atomic E-state index is 0.0322. The number of anilines is 1. The molecule has 0 heterocycles. The van der Waals surface area contributed by atoms with E-state index in [-0.39, 0.29) is 22.9 Å². The highest BCUT2D eigenvalue weighted by Gasteiger charge is 2.34. The number of nitrogens with one attached hydrogen (secondary N) is 1. The van der Waals surface area contributed by atoms with Gasteiger partial charge in [0, 0.05) is 12.1 Å². The maximum atomic E-state index is 12.8. The quantitative estimate of drug-likeness (QED) is 0.487. The summed E-state index contributed by atoms with van der Waals surface area (Å²) in [6, 6.07) is 6.69. The summed E-state index contributed by atoms with van der Waals surface area (Å²) in [5, 5.41) is 10.2. The number of nitrogens with zero attached hydrogens (tertiary/aromatic N) is 1. The van der Waals surface area contributed by atoms with Gasteiger partial charge in [-0.2, -0.15) is 13.2 Å². The van der Waals surface area contributed by atoms with Crippen LogP contribution in [-0.4, -0.2) is 4.92 Å². The van der Waals surface area contributed by atoms with Crippen LogP contribution in [0.5, 0.6) is 11.5 Å². The molecule has 0 amide bonds. The second-order valence-electron chi connectivity index (χ2n) is 4.30. The fourth-order valence-corrected chi connectivity index (χ4v) is 2.06. The predicted molar refractivity (Wildman–Crippen MR) is 77.4 cm³/mol. The van der Waals surface area contributed by atoms with E-state index < -0.39 is 21.7 Å². The molecule has 0 aliphatic rings. The van der Waals surface area contributed by atoms with Gasteiger partial charge in [0.2, 0.25) is 0 Å². The Balaban J connectivity index is 2.39. The van der Waals surface area contributed by atoms with Gasteiger partial charge in [0.05, 0.1) is 15.5 Å². The Kier molecular flexibility index (Phi) is 4.62. The van der Waals surface area contributed by atoms with Gasteiger partial charge in [0.1, 0.15) is 17.2 Å². The largest absolute Gasteiger partial charge is 0.456 e. The van der Waals surface area contributed by atoms with Gasteiger partial charge in [-0.1, -0.05) is 17.7 Å². The van der Waals surface area contributed by atoms with Crippen LogP contribution in [0.3, 0.4) is 0 Å². The van der Waals surface area contributed by atoms with Crippen molar-refractivity contribution in [2.75, 3.05) is 5.43 Å². The first-order valence-electron chi connectivity index (χ1n) is 6.02. The first-order valence-corrected chi connectivity index (χ1v) is 6.40. The zero-order chi connectivity index (χ0) is 17.2. The number of alkyl halides is 3. The van der Waals surface area contributed by atoms with Crippen LogP contribution in [0.1, 0.15) is 5.56 Å². The summed E-state index contributed by atoms with van der Waals surface area (Å²) in [7, 11) is 0. The average Bonchev–Trinajstić information content (AvgIpc) is 2.47. The molecule has 0 aliphatic carbocycles. The summed E-state index contributed by atoms with van der Waals surface area (Å²) < 4.78 is 43.6. The van der Waals surface area contributed by atoms with Crippen LogP contribution in [0.25, 0.3) is 0 Å². The fraction of sp³-hybridized carbons (Fsp3) is 0.0769.